The third kappa shape index (κ3) is 4.37. The molecule has 2 aromatic rings. The second-order valence-electron chi connectivity index (χ2n) is 4.24. The van der Waals surface area contributed by atoms with E-state index < -0.39 is 12.2 Å². The molecule has 0 spiro atoms. The Balaban J connectivity index is 1.73. The fraction of sp³-hybridized carbons (Fsp3) is 0.200. The molecule has 0 saturated heterocycles. The van der Waals surface area contributed by atoms with E-state index >= 15 is 0 Å². The number of alkyl carbamates (subject to hydrolysis) is 1. The first-order valence-electron chi connectivity index (χ1n) is 6.28. The molecular weight excluding hydrogens is 256 g/mol. The predicted octanol–water partition coefficient (Wildman–Crippen LogP) is 2.04. The molecule has 0 saturated carbocycles. The smallest absolute Gasteiger partial charge is 0.407 e. The first-order chi connectivity index (χ1) is 9.75. The molecule has 0 radical (unpaired) electrons. The van der Waals surface area contributed by atoms with E-state index in [4.69, 9.17) is 4.74 Å². The number of ether oxygens (including phenoxy) is 1. The van der Waals surface area contributed by atoms with E-state index in [0.717, 1.165) is 5.56 Å². The van der Waals surface area contributed by atoms with Crippen LogP contribution < -0.4 is 5.32 Å². The van der Waals surface area contributed by atoms with Gasteiger partial charge in [-0.25, -0.2) is 4.79 Å². The average molecular weight is 272 g/mol. The summed E-state index contributed by atoms with van der Waals surface area (Å²) in [4.78, 5) is 15.4. The molecule has 20 heavy (non-hydrogen) atoms. The standard InChI is InChI=1S/C15H16N2O3/c18-14(13-7-4-8-16-9-13)10-17-15(19)20-11-12-5-2-1-3-6-12/h1-9,14,18H,10-11H2,(H,17,19). The van der Waals surface area contributed by atoms with Crippen molar-refractivity contribution in [2.45, 2.75) is 12.7 Å². The molecule has 1 aromatic heterocycles. The highest BCUT2D eigenvalue weighted by atomic mass is 16.5. The topological polar surface area (TPSA) is 71.5 Å². The molecule has 0 aliphatic rings. The number of aromatic nitrogens is 1. The van der Waals surface area contributed by atoms with Gasteiger partial charge in [0.1, 0.15) is 6.61 Å². The van der Waals surface area contributed by atoms with Crippen molar-refractivity contribution >= 4 is 6.09 Å². The van der Waals surface area contributed by atoms with Gasteiger partial charge in [0.25, 0.3) is 0 Å². The van der Waals surface area contributed by atoms with Crippen LogP contribution in [0.1, 0.15) is 17.2 Å². The zero-order valence-electron chi connectivity index (χ0n) is 10.9. The minimum Gasteiger partial charge on any atom is -0.445 e. The van der Waals surface area contributed by atoms with Crippen LogP contribution in [0.15, 0.2) is 54.9 Å². The van der Waals surface area contributed by atoms with Crippen molar-refractivity contribution in [1.82, 2.24) is 10.3 Å². The van der Waals surface area contributed by atoms with Gasteiger partial charge in [0.15, 0.2) is 0 Å². The molecule has 1 aromatic carbocycles. The number of aliphatic hydroxyl groups excluding tert-OH is 1. The Morgan fingerprint density at radius 3 is 2.75 bits per heavy atom. The van der Waals surface area contributed by atoms with Gasteiger partial charge in [0, 0.05) is 18.0 Å². The van der Waals surface area contributed by atoms with Crippen LogP contribution >= 0.6 is 0 Å². The molecule has 1 amide bonds. The van der Waals surface area contributed by atoms with Crippen molar-refractivity contribution < 1.29 is 14.6 Å². The number of carbonyl (C=O) groups is 1. The third-order valence-corrected chi connectivity index (χ3v) is 2.72. The fourth-order valence-corrected chi connectivity index (χ4v) is 1.65. The summed E-state index contributed by atoms with van der Waals surface area (Å²) in [7, 11) is 0. The maximum Gasteiger partial charge on any atom is 0.407 e. The molecule has 0 aliphatic carbocycles. The molecule has 1 unspecified atom stereocenters. The fourth-order valence-electron chi connectivity index (χ4n) is 1.65. The van der Waals surface area contributed by atoms with Crippen LogP contribution in [0, 0.1) is 0 Å². The van der Waals surface area contributed by atoms with Gasteiger partial charge < -0.3 is 15.2 Å². The van der Waals surface area contributed by atoms with Crippen LogP contribution in [0.5, 0.6) is 0 Å². The lowest BCUT2D eigenvalue weighted by Crippen LogP contribution is -2.28. The van der Waals surface area contributed by atoms with Crippen LogP contribution in [0.4, 0.5) is 4.79 Å². The maximum atomic E-state index is 11.5. The Bertz CT molecular complexity index is 531. The number of amides is 1. The van der Waals surface area contributed by atoms with Crippen molar-refractivity contribution in [3.8, 4) is 0 Å². The number of hydrogen-bond acceptors (Lipinski definition) is 4. The number of nitrogens with one attached hydrogen (secondary N) is 1. The quantitative estimate of drug-likeness (QED) is 0.873. The summed E-state index contributed by atoms with van der Waals surface area (Å²) in [5, 5.41) is 12.4. The van der Waals surface area contributed by atoms with Gasteiger partial charge >= 0.3 is 6.09 Å². The summed E-state index contributed by atoms with van der Waals surface area (Å²) in [5.41, 5.74) is 1.56. The van der Waals surface area contributed by atoms with E-state index in [0.29, 0.717) is 5.56 Å². The normalized spacial score (nSPS) is 11.7. The van der Waals surface area contributed by atoms with E-state index in [2.05, 4.69) is 10.3 Å². The molecule has 0 bridgehead atoms. The number of carbonyl (C=O) groups excluding carboxylic acids is 1. The van der Waals surface area contributed by atoms with Crippen molar-refractivity contribution in [2.75, 3.05) is 6.54 Å². The van der Waals surface area contributed by atoms with Crippen LogP contribution in [-0.4, -0.2) is 22.7 Å². The van der Waals surface area contributed by atoms with Crippen molar-refractivity contribution in [1.29, 1.82) is 0 Å². The van der Waals surface area contributed by atoms with Gasteiger partial charge in [-0.3, -0.25) is 4.98 Å². The second-order valence-corrected chi connectivity index (χ2v) is 4.24. The molecule has 5 heteroatoms. The van der Waals surface area contributed by atoms with Gasteiger partial charge in [-0.1, -0.05) is 36.4 Å². The Hall–Kier alpha value is -2.40. The van der Waals surface area contributed by atoms with Crippen molar-refractivity contribution in [3.63, 3.8) is 0 Å². The minimum atomic E-state index is -0.798. The Morgan fingerprint density at radius 2 is 2.05 bits per heavy atom. The van der Waals surface area contributed by atoms with Crippen LogP contribution in [0.3, 0.4) is 0 Å². The maximum absolute atomic E-state index is 11.5. The van der Waals surface area contributed by atoms with Gasteiger partial charge in [-0.05, 0) is 11.6 Å². The third-order valence-electron chi connectivity index (χ3n) is 2.72. The highest BCUT2D eigenvalue weighted by Gasteiger charge is 2.10. The first-order valence-corrected chi connectivity index (χ1v) is 6.28. The molecule has 0 fully saturated rings. The number of benzene rings is 1. The molecule has 5 nitrogen and oxygen atoms in total. The van der Waals surface area contributed by atoms with Crippen molar-refractivity contribution in [3.05, 3.63) is 66.0 Å². The van der Waals surface area contributed by atoms with Gasteiger partial charge in [0.05, 0.1) is 12.6 Å². The van der Waals surface area contributed by atoms with Crippen LogP contribution in [0.25, 0.3) is 0 Å². The van der Waals surface area contributed by atoms with E-state index in [9.17, 15) is 9.90 Å². The van der Waals surface area contributed by atoms with Crippen LogP contribution in [0.2, 0.25) is 0 Å². The summed E-state index contributed by atoms with van der Waals surface area (Å²) in [6.07, 6.45) is 1.82. The molecule has 2 rings (SSSR count). The predicted molar refractivity (Wildman–Crippen MR) is 73.8 cm³/mol. The van der Waals surface area contributed by atoms with Gasteiger partial charge in [-0.15, -0.1) is 0 Å². The molecule has 104 valence electrons. The molecule has 0 aliphatic heterocycles. The Labute approximate surface area is 117 Å². The molecular formula is C15H16N2O3. The van der Waals surface area contributed by atoms with Gasteiger partial charge in [0.2, 0.25) is 0 Å². The number of nitrogens with zero attached hydrogens (tertiary/aromatic N) is 1. The number of hydrogen-bond donors (Lipinski definition) is 2. The second kappa shape index (κ2) is 7.25. The Morgan fingerprint density at radius 1 is 1.25 bits per heavy atom. The van der Waals surface area contributed by atoms with E-state index in [-0.39, 0.29) is 13.2 Å². The lowest BCUT2D eigenvalue weighted by molar-refractivity contribution is 0.126. The van der Waals surface area contributed by atoms with E-state index in [1.807, 2.05) is 30.3 Å². The monoisotopic (exact) mass is 272 g/mol. The Kier molecular flexibility index (Phi) is 5.08. The summed E-state index contributed by atoms with van der Waals surface area (Å²) in [6.45, 7) is 0.287. The zero-order valence-corrected chi connectivity index (χ0v) is 10.9. The molecule has 1 heterocycles. The lowest BCUT2D eigenvalue weighted by Gasteiger charge is -2.12. The molecule has 1 atom stereocenters. The van der Waals surface area contributed by atoms with E-state index in [1.54, 1.807) is 24.5 Å². The number of rotatable bonds is 5. The summed E-state index contributed by atoms with van der Waals surface area (Å²) in [5.74, 6) is 0. The summed E-state index contributed by atoms with van der Waals surface area (Å²) >= 11 is 0. The lowest BCUT2D eigenvalue weighted by atomic mass is 10.2. The SMILES string of the molecule is O=C(NCC(O)c1cccnc1)OCc1ccccc1. The first kappa shape index (κ1) is 14.0. The highest BCUT2D eigenvalue weighted by molar-refractivity contribution is 5.67. The van der Waals surface area contributed by atoms with Crippen molar-refractivity contribution in [2.24, 2.45) is 0 Å². The van der Waals surface area contributed by atoms with E-state index in [1.165, 1.54) is 0 Å². The number of pyridine rings is 1. The number of aliphatic hydroxyl groups is 1. The van der Waals surface area contributed by atoms with Gasteiger partial charge in [-0.2, -0.15) is 0 Å². The summed E-state index contributed by atoms with van der Waals surface area (Å²) in [6, 6.07) is 12.9. The molecule has 2 N–H and O–H groups in total. The largest absolute Gasteiger partial charge is 0.445 e. The van der Waals surface area contributed by atoms with Crippen LogP contribution in [-0.2, 0) is 11.3 Å². The minimum absolute atomic E-state index is 0.0827. The zero-order chi connectivity index (χ0) is 14.2. The average Bonchev–Trinajstić information content (AvgIpc) is 2.52. The highest BCUT2D eigenvalue weighted by Crippen LogP contribution is 2.09. The summed E-state index contributed by atoms with van der Waals surface area (Å²) < 4.78 is 5.04.